The molecule has 0 radical (unpaired) electrons. The molecular weight excluding hydrogens is 332 g/mol. The molecule has 4 N–H and O–H groups in total. The molecule has 0 aliphatic carbocycles. The highest BCUT2D eigenvalue weighted by molar-refractivity contribution is 9.10. The van der Waals surface area contributed by atoms with E-state index in [1.807, 2.05) is 6.92 Å². The van der Waals surface area contributed by atoms with Gasteiger partial charge in [0.1, 0.15) is 4.90 Å². The Morgan fingerprint density at radius 1 is 1.42 bits per heavy atom. The molecule has 0 fully saturated rings. The van der Waals surface area contributed by atoms with Crippen LogP contribution in [0.2, 0.25) is 0 Å². The van der Waals surface area contributed by atoms with Crippen LogP contribution in [-0.4, -0.2) is 18.6 Å². The molecule has 0 aliphatic heterocycles. The minimum absolute atomic E-state index is 0.0166. The average Bonchev–Trinajstić information content (AvgIpc) is 2.79. The minimum atomic E-state index is -3.75. The molecule has 1 aromatic heterocycles. The van der Waals surface area contributed by atoms with Crippen molar-refractivity contribution >= 4 is 37.5 Å². The van der Waals surface area contributed by atoms with Gasteiger partial charge in [-0.25, -0.2) is 8.42 Å². The fraction of sp³-hybridized carbons (Fsp3) is 0.182. The zero-order chi connectivity index (χ0) is 14.0. The van der Waals surface area contributed by atoms with E-state index < -0.39 is 10.0 Å². The molecule has 0 saturated heterocycles. The number of hydrogen-bond donors (Lipinski definition) is 3. The first-order valence-electron chi connectivity index (χ1n) is 5.54. The zero-order valence-corrected chi connectivity index (χ0v) is 12.5. The average molecular weight is 345 g/mol. The van der Waals surface area contributed by atoms with Crippen molar-refractivity contribution in [3.63, 3.8) is 0 Å². The van der Waals surface area contributed by atoms with Gasteiger partial charge in [0.25, 0.3) is 10.0 Å². The van der Waals surface area contributed by atoms with Gasteiger partial charge in [0.15, 0.2) is 5.82 Å². The second kappa shape index (κ2) is 5.22. The number of rotatable bonds is 4. The van der Waals surface area contributed by atoms with Crippen molar-refractivity contribution < 1.29 is 8.42 Å². The van der Waals surface area contributed by atoms with E-state index in [4.69, 9.17) is 5.73 Å². The maximum absolute atomic E-state index is 12.2. The summed E-state index contributed by atoms with van der Waals surface area (Å²) in [5, 5.41) is 6.62. The Hall–Kier alpha value is -1.54. The molecule has 0 saturated carbocycles. The summed E-state index contributed by atoms with van der Waals surface area (Å²) in [5.74, 6) is 0.247. The SMILES string of the molecule is CCc1cc(NS(=O)(=O)c2cc(Br)ccc2N)n[nH]1. The van der Waals surface area contributed by atoms with E-state index in [0.717, 1.165) is 12.1 Å². The van der Waals surface area contributed by atoms with Gasteiger partial charge < -0.3 is 5.73 Å². The van der Waals surface area contributed by atoms with Crippen LogP contribution in [0.3, 0.4) is 0 Å². The van der Waals surface area contributed by atoms with Gasteiger partial charge in [-0.1, -0.05) is 22.9 Å². The number of nitrogens with one attached hydrogen (secondary N) is 2. The van der Waals surface area contributed by atoms with Crippen LogP contribution < -0.4 is 10.5 Å². The molecule has 102 valence electrons. The van der Waals surface area contributed by atoms with E-state index in [1.54, 1.807) is 12.1 Å². The third-order valence-corrected chi connectivity index (χ3v) is 4.42. The van der Waals surface area contributed by atoms with Crippen molar-refractivity contribution in [1.82, 2.24) is 10.2 Å². The Kier molecular flexibility index (Phi) is 3.81. The van der Waals surface area contributed by atoms with Crippen molar-refractivity contribution in [2.75, 3.05) is 10.5 Å². The summed E-state index contributed by atoms with van der Waals surface area (Å²) >= 11 is 3.22. The second-order valence-corrected chi connectivity index (χ2v) is 6.49. The number of sulfonamides is 1. The fourth-order valence-electron chi connectivity index (χ4n) is 1.53. The van der Waals surface area contributed by atoms with Gasteiger partial charge in [-0.15, -0.1) is 0 Å². The molecule has 0 spiro atoms. The number of aromatic nitrogens is 2. The Bertz CT molecular complexity index is 696. The second-order valence-electron chi connectivity index (χ2n) is 3.92. The zero-order valence-electron chi connectivity index (χ0n) is 10.1. The largest absolute Gasteiger partial charge is 0.398 e. The first-order chi connectivity index (χ1) is 8.92. The molecule has 19 heavy (non-hydrogen) atoms. The number of nitrogen functional groups attached to an aromatic ring is 1. The van der Waals surface area contributed by atoms with E-state index in [-0.39, 0.29) is 16.4 Å². The van der Waals surface area contributed by atoms with E-state index >= 15 is 0 Å². The summed E-state index contributed by atoms with van der Waals surface area (Å²) in [6.45, 7) is 1.94. The summed E-state index contributed by atoms with van der Waals surface area (Å²) < 4.78 is 27.4. The van der Waals surface area contributed by atoms with Crippen LogP contribution in [0.1, 0.15) is 12.6 Å². The molecule has 0 unspecified atom stereocenters. The van der Waals surface area contributed by atoms with Crippen molar-refractivity contribution in [3.05, 3.63) is 34.4 Å². The molecule has 0 bridgehead atoms. The smallest absolute Gasteiger partial charge is 0.265 e. The summed E-state index contributed by atoms with van der Waals surface area (Å²) in [6.07, 6.45) is 0.744. The van der Waals surface area contributed by atoms with Gasteiger partial charge in [0.2, 0.25) is 0 Å². The van der Waals surface area contributed by atoms with Gasteiger partial charge in [0.05, 0.1) is 5.69 Å². The summed E-state index contributed by atoms with van der Waals surface area (Å²) in [6, 6.07) is 6.30. The standard InChI is InChI=1S/C11H13BrN4O2S/c1-2-8-6-11(15-14-8)16-19(17,18)10-5-7(12)3-4-9(10)13/h3-6H,2,13H2,1H3,(H2,14,15,16). The predicted molar refractivity (Wildman–Crippen MR) is 77.3 cm³/mol. The molecular formula is C11H13BrN4O2S. The lowest BCUT2D eigenvalue weighted by Gasteiger charge is -2.08. The highest BCUT2D eigenvalue weighted by Crippen LogP contribution is 2.24. The molecule has 6 nitrogen and oxygen atoms in total. The van der Waals surface area contributed by atoms with Crippen molar-refractivity contribution in [2.24, 2.45) is 0 Å². The van der Waals surface area contributed by atoms with Crippen LogP contribution in [0.15, 0.2) is 33.6 Å². The van der Waals surface area contributed by atoms with Gasteiger partial charge in [-0.3, -0.25) is 9.82 Å². The molecule has 0 amide bonds. The summed E-state index contributed by atoms with van der Waals surface area (Å²) in [5.41, 5.74) is 6.72. The normalized spacial score (nSPS) is 11.5. The highest BCUT2D eigenvalue weighted by Gasteiger charge is 2.19. The lowest BCUT2D eigenvalue weighted by molar-refractivity contribution is 0.601. The number of nitrogens with zero attached hydrogens (tertiary/aromatic N) is 1. The van der Waals surface area contributed by atoms with E-state index in [9.17, 15) is 8.42 Å². The van der Waals surface area contributed by atoms with Crippen LogP contribution in [0, 0.1) is 0 Å². The number of aromatic amines is 1. The number of anilines is 2. The third kappa shape index (κ3) is 3.07. The van der Waals surface area contributed by atoms with Gasteiger partial charge in [-0.2, -0.15) is 5.10 Å². The van der Waals surface area contributed by atoms with E-state index in [2.05, 4.69) is 30.8 Å². The minimum Gasteiger partial charge on any atom is -0.398 e. The number of benzene rings is 1. The van der Waals surface area contributed by atoms with Gasteiger partial charge in [-0.05, 0) is 24.6 Å². The first-order valence-corrected chi connectivity index (χ1v) is 7.82. The van der Waals surface area contributed by atoms with Crippen LogP contribution in [0.5, 0.6) is 0 Å². The molecule has 1 aromatic carbocycles. The molecule has 8 heteroatoms. The molecule has 1 heterocycles. The number of halogens is 1. The number of nitrogens with two attached hydrogens (primary N) is 1. The monoisotopic (exact) mass is 344 g/mol. The third-order valence-electron chi connectivity index (χ3n) is 2.52. The predicted octanol–water partition coefficient (Wildman–Crippen LogP) is 2.12. The Labute approximate surface area is 119 Å². The van der Waals surface area contributed by atoms with Crippen molar-refractivity contribution in [1.29, 1.82) is 0 Å². The van der Waals surface area contributed by atoms with Crippen LogP contribution >= 0.6 is 15.9 Å². The number of H-pyrrole nitrogens is 1. The van der Waals surface area contributed by atoms with E-state index in [0.29, 0.717) is 4.47 Å². The van der Waals surface area contributed by atoms with Gasteiger partial charge in [0, 0.05) is 16.2 Å². The maximum atomic E-state index is 12.2. The lowest BCUT2D eigenvalue weighted by Crippen LogP contribution is -2.15. The highest BCUT2D eigenvalue weighted by atomic mass is 79.9. The topological polar surface area (TPSA) is 101 Å². The van der Waals surface area contributed by atoms with Crippen LogP contribution in [-0.2, 0) is 16.4 Å². The molecule has 0 aliphatic rings. The Morgan fingerprint density at radius 2 is 2.16 bits per heavy atom. The molecule has 2 rings (SSSR count). The molecule has 2 aromatic rings. The first kappa shape index (κ1) is 13.9. The van der Waals surface area contributed by atoms with E-state index in [1.165, 1.54) is 12.1 Å². The quantitative estimate of drug-likeness (QED) is 0.739. The maximum Gasteiger partial charge on any atom is 0.265 e. The number of aryl methyl sites for hydroxylation is 1. The Balaban J connectivity index is 2.34. The lowest BCUT2D eigenvalue weighted by atomic mass is 10.3. The van der Waals surface area contributed by atoms with Gasteiger partial charge >= 0.3 is 0 Å². The Morgan fingerprint density at radius 3 is 2.79 bits per heavy atom. The number of hydrogen-bond acceptors (Lipinski definition) is 4. The van der Waals surface area contributed by atoms with Crippen molar-refractivity contribution in [3.8, 4) is 0 Å². The van der Waals surface area contributed by atoms with Crippen LogP contribution in [0.25, 0.3) is 0 Å². The van der Waals surface area contributed by atoms with Crippen molar-refractivity contribution in [2.45, 2.75) is 18.2 Å². The summed E-state index contributed by atoms with van der Waals surface area (Å²) in [4.78, 5) is 0.0166. The molecule has 0 atom stereocenters. The fourth-order valence-corrected chi connectivity index (χ4v) is 3.19. The van der Waals surface area contributed by atoms with Crippen LogP contribution in [0.4, 0.5) is 11.5 Å². The summed E-state index contributed by atoms with van der Waals surface area (Å²) in [7, 11) is -3.75.